The van der Waals surface area contributed by atoms with E-state index >= 15 is 0 Å². The summed E-state index contributed by atoms with van der Waals surface area (Å²) in [7, 11) is 0. The fourth-order valence-electron chi connectivity index (χ4n) is 6.39. The third-order valence-corrected chi connectivity index (χ3v) is 9.94. The van der Waals surface area contributed by atoms with Gasteiger partial charge in [-0.2, -0.15) is 0 Å². The number of rotatable bonds is 12. The van der Waals surface area contributed by atoms with Crippen molar-refractivity contribution in [3.63, 3.8) is 0 Å². The molecule has 1 N–H and O–H groups in total. The number of ketones is 1. The fraction of sp³-hybridized carbons (Fsp3) is 0.220. The molecule has 0 aromatic heterocycles. The molecule has 1 amide bonds. The Bertz CT molecular complexity index is 1700. The third-order valence-electron chi connectivity index (χ3n) is 8.88. The van der Waals surface area contributed by atoms with E-state index < -0.39 is 0 Å². The maximum Gasteiger partial charge on any atom is 0.228 e. The van der Waals surface area contributed by atoms with E-state index in [0.717, 1.165) is 59.5 Å². The number of anilines is 1. The Morgan fingerprint density at radius 3 is 2.00 bits per heavy atom. The predicted octanol–water partition coefficient (Wildman–Crippen LogP) is 8.72. The molecule has 5 heteroatoms. The van der Waals surface area contributed by atoms with Crippen LogP contribution in [0.25, 0.3) is 0 Å². The summed E-state index contributed by atoms with van der Waals surface area (Å²) in [4.78, 5) is 30.5. The number of nitrogens with one attached hydrogen (secondary N) is 1. The summed E-state index contributed by atoms with van der Waals surface area (Å²) in [6.07, 6.45) is 2.26. The van der Waals surface area contributed by atoms with E-state index in [1.54, 1.807) is 11.8 Å². The van der Waals surface area contributed by atoms with Gasteiger partial charge in [-0.25, -0.2) is 0 Å². The summed E-state index contributed by atoms with van der Waals surface area (Å²) in [6, 6.07) is 47.0. The molecule has 6 rings (SSSR count). The van der Waals surface area contributed by atoms with Gasteiger partial charge >= 0.3 is 0 Å². The van der Waals surface area contributed by atoms with Gasteiger partial charge in [-0.3, -0.25) is 9.59 Å². The van der Waals surface area contributed by atoms with Gasteiger partial charge in [-0.05, 0) is 65.3 Å². The van der Waals surface area contributed by atoms with Gasteiger partial charge in [0.15, 0.2) is 5.78 Å². The Morgan fingerprint density at radius 2 is 1.30 bits per heavy atom. The highest BCUT2D eigenvalue weighted by molar-refractivity contribution is 7.98. The zero-order chi connectivity index (χ0) is 31.6. The van der Waals surface area contributed by atoms with Crippen LogP contribution >= 0.6 is 11.8 Å². The predicted molar refractivity (Wildman–Crippen MR) is 189 cm³/mol. The van der Waals surface area contributed by atoms with Crippen molar-refractivity contribution in [2.24, 2.45) is 5.92 Å². The Balaban J connectivity index is 1.05. The average Bonchev–Trinajstić information content (AvgIpc) is 3.12. The minimum atomic E-state index is -0.172. The Hall–Kier alpha value is -4.61. The maximum atomic E-state index is 13.6. The summed E-state index contributed by atoms with van der Waals surface area (Å²) in [5.41, 5.74) is 6.25. The molecule has 1 saturated heterocycles. The van der Waals surface area contributed by atoms with Gasteiger partial charge in [0.1, 0.15) is 0 Å². The monoisotopic (exact) mass is 624 g/mol. The quantitative estimate of drug-likeness (QED) is 0.111. The smallest absolute Gasteiger partial charge is 0.228 e. The number of thioether (sulfide) groups is 1. The van der Waals surface area contributed by atoms with Crippen LogP contribution in [0.3, 0.4) is 0 Å². The number of hydrogen-bond acceptors (Lipinski definition) is 4. The maximum absolute atomic E-state index is 13.6. The average molecular weight is 625 g/mol. The lowest BCUT2D eigenvalue weighted by molar-refractivity contribution is -0.124. The Morgan fingerprint density at radius 1 is 0.696 bits per heavy atom. The number of benzene rings is 5. The van der Waals surface area contributed by atoms with E-state index in [-0.39, 0.29) is 23.5 Å². The van der Waals surface area contributed by atoms with E-state index in [0.29, 0.717) is 13.0 Å². The number of Topliss-reactive ketones (excluding diaryl/α,β-unsaturated/α-hetero) is 1. The summed E-state index contributed by atoms with van der Waals surface area (Å²) in [5.74, 6) is 1.11. The molecule has 5 aromatic carbocycles. The highest BCUT2D eigenvalue weighted by Crippen LogP contribution is 2.35. The molecule has 1 atom stereocenters. The summed E-state index contributed by atoms with van der Waals surface area (Å²) in [5, 5.41) is 3.21. The minimum absolute atomic E-state index is 0.0998. The van der Waals surface area contributed by atoms with Crippen LogP contribution in [0.5, 0.6) is 0 Å². The molecule has 0 aliphatic carbocycles. The first-order valence-corrected chi connectivity index (χ1v) is 17.1. The van der Waals surface area contributed by atoms with Crippen LogP contribution in [-0.2, 0) is 23.5 Å². The van der Waals surface area contributed by atoms with Crippen molar-refractivity contribution >= 4 is 29.1 Å². The fourth-order valence-corrected chi connectivity index (χ4v) is 7.31. The van der Waals surface area contributed by atoms with Crippen molar-refractivity contribution < 1.29 is 9.59 Å². The standard InChI is InChI=1S/C41H40N2O2S/c44-39(38-19-11-10-16-35(38)30-46-37-17-8-3-9-18-37)28-31-20-22-36(23-21-31)43-26-24-34(25-27-43)40(33-14-6-2-7-15-33)41(45)42-29-32-12-4-1-5-13-32/h1-23,34,40H,24-30H2,(H,42,45). The van der Waals surface area contributed by atoms with Gasteiger partial charge in [0.05, 0.1) is 5.92 Å². The topological polar surface area (TPSA) is 49.4 Å². The van der Waals surface area contributed by atoms with Crippen LogP contribution in [0, 0.1) is 5.92 Å². The second-order valence-electron chi connectivity index (χ2n) is 11.9. The highest BCUT2D eigenvalue weighted by atomic mass is 32.2. The van der Waals surface area contributed by atoms with Crippen molar-refractivity contribution in [2.75, 3.05) is 18.0 Å². The molecule has 1 unspecified atom stereocenters. The van der Waals surface area contributed by atoms with Crippen molar-refractivity contribution in [1.29, 1.82) is 0 Å². The Kier molecular flexibility index (Phi) is 10.6. The van der Waals surface area contributed by atoms with E-state index in [4.69, 9.17) is 0 Å². The van der Waals surface area contributed by atoms with E-state index in [1.165, 1.54) is 10.6 Å². The van der Waals surface area contributed by atoms with Crippen LogP contribution in [0.15, 0.2) is 144 Å². The third kappa shape index (κ3) is 8.15. The molecule has 5 aromatic rings. The molecular weight excluding hydrogens is 585 g/mol. The van der Waals surface area contributed by atoms with Gasteiger partial charge in [-0.1, -0.05) is 115 Å². The first-order chi connectivity index (χ1) is 22.6. The molecule has 1 heterocycles. The lowest BCUT2D eigenvalue weighted by Gasteiger charge is -2.37. The summed E-state index contributed by atoms with van der Waals surface area (Å²) < 4.78 is 0. The number of nitrogens with zero attached hydrogens (tertiary/aromatic N) is 1. The second-order valence-corrected chi connectivity index (χ2v) is 13.0. The van der Waals surface area contributed by atoms with Gasteiger partial charge in [0.2, 0.25) is 5.91 Å². The molecule has 0 radical (unpaired) electrons. The van der Waals surface area contributed by atoms with Crippen molar-refractivity contribution in [2.45, 2.75) is 42.4 Å². The molecular formula is C41H40N2O2S. The molecule has 46 heavy (non-hydrogen) atoms. The van der Waals surface area contributed by atoms with Gasteiger partial charge in [0.25, 0.3) is 0 Å². The normalized spacial score (nSPS) is 14.0. The van der Waals surface area contributed by atoms with Crippen LogP contribution in [0.4, 0.5) is 5.69 Å². The molecule has 1 aliphatic rings. The Labute approximate surface area is 276 Å². The van der Waals surface area contributed by atoms with Crippen molar-refractivity contribution in [3.8, 4) is 0 Å². The lowest BCUT2D eigenvalue weighted by atomic mass is 9.79. The first-order valence-electron chi connectivity index (χ1n) is 16.1. The number of hydrogen-bond donors (Lipinski definition) is 1. The second kappa shape index (κ2) is 15.6. The van der Waals surface area contributed by atoms with E-state index in [1.807, 2.05) is 84.9 Å². The summed E-state index contributed by atoms with van der Waals surface area (Å²) >= 11 is 1.75. The van der Waals surface area contributed by atoms with Crippen LogP contribution < -0.4 is 10.2 Å². The highest BCUT2D eigenvalue weighted by Gasteiger charge is 2.32. The molecule has 0 bridgehead atoms. The van der Waals surface area contributed by atoms with Gasteiger partial charge < -0.3 is 10.2 Å². The molecule has 4 nitrogen and oxygen atoms in total. The molecule has 1 aliphatic heterocycles. The van der Waals surface area contributed by atoms with E-state index in [9.17, 15) is 9.59 Å². The zero-order valence-corrected chi connectivity index (χ0v) is 26.9. The molecule has 0 spiro atoms. The number of carbonyl (C=O) groups is 2. The van der Waals surface area contributed by atoms with Crippen molar-refractivity contribution in [1.82, 2.24) is 5.32 Å². The molecule has 0 saturated carbocycles. The van der Waals surface area contributed by atoms with Crippen LogP contribution in [-0.4, -0.2) is 24.8 Å². The molecule has 1 fully saturated rings. The van der Waals surface area contributed by atoms with Crippen LogP contribution in [0.2, 0.25) is 0 Å². The summed E-state index contributed by atoms with van der Waals surface area (Å²) in [6.45, 7) is 2.32. The van der Waals surface area contributed by atoms with E-state index in [2.05, 4.69) is 64.8 Å². The number of amides is 1. The molecule has 232 valence electrons. The minimum Gasteiger partial charge on any atom is -0.372 e. The van der Waals surface area contributed by atoms with Gasteiger partial charge in [0, 0.05) is 48.0 Å². The van der Waals surface area contributed by atoms with Crippen LogP contribution in [0.1, 0.15) is 51.4 Å². The first kappa shape index (κ1) is 31.4. The van der Waals surface area contributed by atoms with Crippen molar-refractivity contribution in [3.05, 3.63) is 167 Å². The number of piperidine rings is 1. The SMILES string of the molecule is O=C(Cc1ccc(N2CCC(C(C(=O)NCc3ccccc3)c3ccccc3)CC2)cc1)c1ccccc1CSc1ccccc1. The number of carbonyl (C=O) groups excluding carboxylic acids is 2. The lowest BCUT2D eigenvalue weighted by Crippen LogP contribution is -2.40. The van der Waals surface area contributed by atoms with Gasteiger partial charge in [-0.15, -0.1) is 11.8 Å². The largest absolute Gasteiger partial charge is 0.372 e. The zero-order valence-electron chi connectivity index (χ0n) is 26.1.